The summed E-state index contributed by atoms with van der Waals surface area (Å²) in [6.45, 7) is -0.237. The summed E-state index contributed by atoms with van der Waals surface area (Å²) < 4.78 is 0. The second kappa shape index (κ2) is 7.55. The van der Waals surface area contributed by atoms with Crippen molar-refractivity contribution < 1.29 is 14.5 Å². The highest BCUT2D eigenvalue weighted by molar-refractivity contribution is 5.99. The zero-order chi connectivity index (χ0) is 20.4. The van der Waals surface area contributed by atoms with Gasteiger partial charge in [-0.05, 0) is 46.9 Å². The number of nitrogens with zero attached hydrogens (tertiary/aromatic N) is 1. The van der Waals surface area contributed by atoms with Crippen LogP contribution in [0.1, 0.15) is 21.5 Å². The highest BCUT2D eigenvalue weighted by Crippen LogP contribution is 2.37. The summed E-state index contributed by atoms with van der Waals surface area (Å²) in [5.41, 5.74) is 5.39. The van der Waals surface area contributed by atoms with Crippen LogP contribution in [0.2, 0.25) is 0 Å². The molecule has 0 bridgehead atoms. The van der Waals surface area contributed by atoms with E-state index in [2.05, 4.69) is 22.8 Å². The van der Waals surface area contributed by atoms with Gasteiger partial charge in [0.1, 0.15) is 0 Å². The van der Waals surface area contributed by atoms with Crippen molar-refractivity contribution in [3.8, 4) is 11.1 Å². The Labute approximate surface area is 166 Å². The Morgan fingerprint density at radius 1 is 0.931 bits per heavy atom. The average molecular weight is 387 g/mol. The lowest BCUT2D eigenvalue weighted by molar-refractivity contribution is -0.384. The summed E-state index contributed by atoms with van der Waals surface area (Å²) in [5.74, 6) is -0.924. The second-order valence-corrected chi connectivity index (χ2v) is 6.74. The van der Waals surface area contributed by atoms with Gasteiger partial charge in [-0.1, -0.05) is 36.4 Å². The number of nitrogens with one attached hydrogen (secondary N) is 2. The molecule has 3 aromatic rings. The molecule has 0 heterocycles. The predicted octanol–water partition coefficient (Wildman–Crippen LogP) is 3.53. The van der Waals surface area contributed by atoms with E-state index in [-0.39, 0.29) is 23.7 Å². The van der Waals surface area contributed by atoms with Gasteiger partial charge < -0.3 is 10.6 Å². The number of nitro groups is 1. The maximum absolute atomic E-state index is 12.2. The van der Waals surface area contributed by atoms with Crippen molar-refractivity contribution in [2.45, 2.75) is 6.42 Å². The molecule has 3 aromatic carbocycles. The number of non-ortho nitro benzene ring substituents is 1. The van der Waals surface area contributed by atoms with Crippen molar-refractivity contribution in [1.82, 2.24) is 5.32 Å². The van der Waals surface area contributed by atoms with Gasteiger partial charge in [0, 0.05) is 23.4 Å². The Kier molecular flexibility index (Phi) is 4.78. The van der Waals surface area contributed by atoms with Crippen molar-refractivity contribution >= 4 is 23.2 Å². The zero-order valence-electron chi connectivity index (χ0n) is 15.3. The lowest BCUT2D eigenvalue weighted by Gasteiger charge is -2.09. The van der Waals surface area contributed by atoms with Gasteiger partial charge in [-0.25, -0.2) is 0 Å². The molecule has 0 saturated carbocycles. The molecule has 0 saturated heterocycles. The van der Waals surface area contributed by atoms with Gasteiger partial charge in [-0.15, -0.1) is 0 Å². The molecule has 0 fully saturated rings. The molecule has 0 atom stereocenters. The predicted molar refractivity (Wildman–Crippen MR) is 109 cm³/mol. The Balaban J connectivity index is 1.37. The number of hydrogen-bond acceptors (Lipinski definition) is 4. The van der Waals surface area contributed by atoms with E-state index in [4.69, 9.17) is 0 Å². The first-order chi connectivity index (χ1) is 14.0. The fourth-order valence-electron chi connectivity index (χ4n) is 3.45. The number of nitro benzene ring substituents is 1. The lowest BCUT2D eigenvalue weighted by atomic mass is 10.1. The van der Waals surface area contributed by atoms with Crippen LogP contribution < -0.4 is 10.6 Å². The SMILES string of the molecule is O=C(CNC(=O)c1cccc([N+](=O)[O-])c1)Nc1ccc2c(c1)Cc1ccccc1-2. The number of fused-ring (bicyclic) bond motifs is 3. The molecule has 7 heteroatoms. The summed E-state index contributed by atoms with van der Waals surface area (Å²) in [4.78, 5) is 34.6. The van der Waals surface area contributed by atoms with E-state index in [0.29, 0.717) is 5.69 Å². The smallest absolute Gasteiger partial charge is 0.270 e. The lowest BCUT2D eigenvalue weighted by Crippen LogP contribution is -2.32. The van der Waals surface area contributed by atoms with Crippen LogP contribution in [0.25, 0.3) is 11.1 Å². The summed E-state index contributed by atoms with van der Waals surface area (Å²) in [6.07, 6.45) is 0.818. The molecule has 0 aliphatic heterocycles. The summed E-state index contributed by atoms with van der Waals surface area (Å²) in [6, 6.07) is 19.3. The third-order valence-corrected chi connectivity index (χ3v) is 4.81. The Hall–Kier alpha value is -4.00. The van der Waals surface area contributed by atoms with Gasteiger partial charge in [0.25, 0.3) is 11.6 Å². The molecule has 4 rings (SSSR count). The van der Waals surface area contributed by atoms with E-state index in [1.165, 1.54) is 35.4 Å². The van der Waals surface area contributed by atoms with Crippen molar-refractivity contribution in [3.05, 3.63) is 93.5 Å². The second-order valence-electron chi connectivity index (χ2n) is 6.74. The molecule has 0 spiro atoms. The Morgan fingerprint density at radius 3 is 2.55 bits per heavy atom. The van der Waals surface area contributed by atoms with Gasteiger partial charge in [0.2, 0.25) is 5.91 Å². The van der Waals surface area contributed by atoms with Gasteiger partial charge in [0.15, 0.2) is 0 Å². The Morgan fingerprint density at radius 2 is 1.72 bits per heavy atom. The molecule has 2 N–H and O–H groups in total. The van der Waals surface area contributed by atoms with Gasteiger partial charge in [-0.2, -0.15) is 0 Å². The van der Waals surface area contributed by atoms with Crippen LogP contribution in [0.5, 0.6) is 0 Å². The number of carbonyl (C=O) groups is 2. The van der Waals surface area contributed by atoms with Gasteiger partial charge >= 0.3 is 0 Å². The fraction of sp³-hybridized carbons (Fsp3) is 0.0909. The minimum absolute atomic E-state index is 0.127. The van der Waals surface area contributed by atoms with Crippen molar-refractivity contribution in [3.63, 3.8) is 0 Å². The molecule has 0 aromatic heterocycles. The fourth-order valence-corrected chi connectivity index (χ4v) is 3.45. The van der Waals surface area contributed by atoms with Gasteiger partial charge in [-0.3, -0.25) is 19.7 Å². The van der Waals surface area contributed by atoms with E-state index in [1.807, 2.05) is 30.3 Å². The van der Waals surface area contributed by atoms with E-state index in [0.717, 1.165) is 17.5 Å². The topological polar surface area (TPSA) is 101 Å². The standard InChI is InChI=1S/C22H17N3O4/c26-21(13-23-22(27)15-5-3-6-18(12-15)25(28)29)24-17-8-9-20-16(11-17)10-14-4-1-2-7-19(14)20/h1-9,11-12H,10,13H2,(H,23,27)(H,24,26). The van der Waals surface area contributed by atoms with E-state index < -0.39 is 10.8 Å². The number of rotatable bonds is 5. The first-order valence-corrected chi connectivity index (χ1v) is 9.05. The minimum Gasteiger partial charge on any atom is -0.343 e. The zero-order valence-corrected chi connectivity index (χ0v) is 15.3. The van der Waals surface area contributed by atoms with Crippen molar-refractivity contribution in [1.29, 1.82) is 0 Å². The van der Waals surface area contributed by atoms with Crippen LogP contribution in [0.4, 0.5) is 11.4 Å². The monoisotopic (exact) mass is 387 g/mol. The Bertz CT molecular complexity index is 1140. The molecule has 7 nitrogen and oxygen atoms in total. The summed E-state index contributed by atoms with van der Waals surface area (Å²) in [5, 5.41) is 16.1. The molecular weight excluding hydrogens is 370 g/mol. The van der Waals surface area contributed by atoms with E-state index >= 15 is 0 Å². The first-order valence-electron chi connectivity index (χ1n) is 9.05. The molecule has 144 valence electrons. The molecule has 0 radical (unpaired) electrons. The third kappa shape index (κ3) is 3.84. The highest BCUT2D eigenvalue weighted by atomic mass is 16.6. The largest absolute Gasteiger partial charge is 0.343 e. The molecule has 29 heavy (non-hydrogen) atoms. The quantitative estimate of drug-likeness (QED) is 0.404. The maximum atomic E-state index is 12.2. The van der Waals surface area contributed by atoms with Crippen LogP contribution in [0, 0.1) is 10.1 Å². The normalized spacial score (nSPS) is 11.3. The first kappa shape index (κ1) is 18.4. The average Bonchev–Trinajstić information content (AvgIpc) is 3.09. The minimum atomic E-state index is -0.574. The summed E-state index contributed by atoms with van der Waals surface area (Å²) in [7, 11) is 0. The molecular formula is C22H17N3O4. The van der Waals surface area contributed by atoms with Gasteiger partial charge in [0.05, 0.1) is 11.5 Å². The number of anilines is 1. The van der Waals surface area contributed by atoms with Crippen LogP contribution in [-0.2, 0) is 11.2 Å². The molecule has 1 aliphatic carbocycles. The van der Waals surface area contributed by atoms with Crippen LogP contribution >= 0.6 is 0 Å². The number of carbonyl (C=O) groups excluding carboxylic acids is 2. The van der Waals surface area contributed by atoms with E-state index in [1.54, 1.807) is 0 Å². The van der Waals surface area contributed by atoms with Crippen LogP contribution in [0.15, 0.2) is 66.7 Å². The van der Waals surface area contributed by atoms with Crippen molar-refractivity contribution in [2.75, 3.05) is 11.9 Å². The highest BCUT2D eigenvalue weighted by Gasteiger charge is 2.18. The van der Waals surface area contributed by atoms with Crippen LogP contribution in [-0.4, -0.2) is 23.3 Å². The summed E-state index contributed by atoms with van der Waals surface area (Å²) >= 11 is 0. The molecule has 0 unspecified atom stereocenters. The van der Waals surface area contributed by atoms with E-state index in [9.17, 15) is 19.7 Å². The third-order valence-electron chi connectivity index (χ3n) is 4.81. The maximum Gasteiger partial charge on any atom is 0.270 e. The van der Waals surface area contributed by atoms with Crippen molar-refractivity contribution in [2.24, 2.45) is 0 Å². The van der Waals surface area contributed by atoms with Crippen LogP contribution in [0.3, 0.4) is 0 Å². The number of amides is 2. The number of hydrogen-bond donors (Lipinski definition) is 2. The number of benzene rings is 3. The molecule has 2 amide bonds. The molecule has 1 aliphatic rings.